The van der Waals surface area contributed by atoms with Gasteiger partial charge in [-0.2, -0.15) is 0 Å². The first-order chi connectivity index (χ1) is 6.43. The standard InChI is InChI=1S/C12H14FN/c1-7(2)10-5-9(13)6-11(8(3)4)12(10)14/h5-6H,1,3,14H2,2,4H3. The van der Waals surface area contributed by atoms with E-state index in [0.717, 1.165) is 11.1 Å². The second-order valence-electron chi connectivity index (χ2n) is 3.48. The number of nitrogen functional groups attached to an aromatic ring is 1. The average molecular weight is 191 g/mol. The summed E-state index contributed by atoms with van der Waals surface area (Å²) in [5.74, 6) is -0.310. The minimum Gasteiger partial charge on any atom is -0.398 e. The molecule has 0 saturated carbocycles. The van der Waals surface area contributed by atoms with Crippen LogP contribution >= 0.6 is 0 Å². The predicted molar refractivity (Wildman–Crippen MR) is 60.2 cm³/mol. The first-order valence-electron chi connectivity index (χ1n) is 4.34. The molecule has 1 aromatic carbocycles. The molecule has 2 heteroatoms. The molecule has 1 rings (SSSR count). The van der Waals surface area contributed by atoms with Crippen LogP contribution in [0.3, 0.4) is 0 Å². The fraction of sp³-hybridized carbons (Fsp3) is 0.167. The molecule has 0 saturated heterocycles. The minimum absolute atomic E-state index is 0.310. The number of hydrogen-bond acceptors (Lipinski definition) is 1. The summed E-state index contributed by atoms with van der Waals surface area (Å²) in [6.45, 7) is 11.1. The zero-order valence-electron chi connectivity index (χ0n) is 8.52. The molecule has 0 spiro atoms. The van der Waals surface area contributed by atoms with Crippen LogP contribution in [0.15, 0.2) is 25.3 Å². The lowest BCUT2D eigenvalue weighted by molar-refractivity contribution is 0.627. The Kier molecular flexibility index (Phi) is 2.75. The smallest absolute Gasteiger partial charge is 0.124 e. The van der Waals surface area contributed by atoms with Gasteiger partial charge in [0.2, 0.25) is 0 Å². The Labute approximate surface area is 83.7 Å². The van der Waals surface area contributed by atoms with Crippen LogP contribution in [-0.2, 0) is 0 Å². The lowest BCUT2D eigenvalue weighted by atomic mass is 9.99. The number of hydrogen-bond donors (Lipinski definition) is 1. The number of anilines is 1. The van der Waals surface area contributed by atoms with Gasteiger partial charge in [0, 0.05) is 16.8 Å². The van der Waals surface area contributed by atoms with E-state index in [1.165, 1.54) is 12.1 Å². The van der Waals surface area contributed by atoms with Crippen LogP contribution in [0.25, 0.3) is 11.1 Å². The summed E-state index contributed by atoms with van der Waals surface area (Å²) in [5, 5.41) is 0. The number of rotatable bonds is 2. The van der Waals surface area contributed by atoms with Gasteiger partial charge in [0.1, 0.15) is 5.82 Å². The molecule has 1 aromatic rings. The predicted octanol–water partition coefficient (Wildman–Crippen LogP) is 3.47. The van der Waals surface area contributed by atoms with E-state index < -0.39 is 0 Å². The maximum atomic E-state index is 13.2. The molecule has 0 aromatic heterocycles. The van der Waals surface area contributed by atoms with Crippen molar-refractivity contribution in [1.29, 1.82) is 0 Å². The fourth-order valence-electron chi connectivity index (χ4n) is 1.32. The second-order valence-corrected chi connectivity index (χ2v) is 3.48. The maximum absolute atomic E-state index is 13.2. The van der Waals surface area contributed by atoms with Gasteiger partial charge in [-0.15, -0.1) is 0 Å². The van der Waals surface area contributed by atoms with Crippen molar-refractivity contribution in [1.82, 2.24) is 0 Å². The summed E-state index contributed by atoms with van der Waals surface area (Å²) in [6, 6.07) is 2.79. The lowest BCUT2D eigenvalue weighted by Gasteiger charge is -2.11. The second kappa shape index (κ2) is 3.66. The summed E-state index contributed by atoms with van der Waals surface area (Å²) in [7, 11) is 0. The summed E-state index contributed by atoms with van der Waals surface area (Å²) in [5.41, 5.74) is 9.23. The largest absolute Gasteiger partial charge is 0.398 e. The zero-order valence-corrected chi connectivity index (χ0v) is 8.52. The molecule has 0 fully saturated rings. The van der Waals surface area contributed by atoms with Gasteiger partial charge in [-0.25, -0.2) is 4.39 Å². The van der Waals surface area contributed by atoms with Crippen molar-refractivity contribution in [2.24, 2.45) is 0 Å². The van der Waals surface area contributed by atoms with E-state index in [4.69, 9.17) is 5.73 Å². The van der Waals surface area contributed by atoms with Crippen LogP contribution in [-0.4, -0.2) is 0 Å². The van der Waals surface area contributed by atoms with E-state index in [9.17, 15) is 4.39 Å². The van der Waals surface area contributed by atoms with E-state index in [-0.39, 0.29) is 5.82 Å². The van der Waals surface area contributed by atoms with Crippen molar-refractivity contribution in [3.8, 4) is 0 Å². The molecule has 0 radical (unpaired) electrons. The van der Waals surface area contributed by atoms with Crippen LogP contribution in [0.5, 0.6) is 0 Å². The number of allylic oxidation sites excluding steroid dienone is 2. The Hall–Kier alpha value is -1.57. The van der Waals surface area contributed by atoms with Crippen molar-refractivity contribution < 1.29 is 4.39 Å². The third-order valence-electron chi connectivity index (χ3n) is 2.06. The highest BCUT2D eigenvalue weighted by Crippen LogP contribution is 2.28. The molecule has 2 N–H and O–H groups in total. The van der Waals surface area contributed by atoms with E-state index >= 15 is 0 Å². The van der Waals surface area contributed by atoms with Gasteiger partial charge in [-0.1, -0.05) is 13.2 Å². The number of benzene rings is 1. The highest BCUT2D eigenvalue weighted by atomic mass is 19.1. The van der Waals surface area contributed by atoms with Crippen LogP contribution < -0.4 is 5.73 Å². The molecule has 0 aliphatic carbocycles. The lowest BCUT2D eigenvalue weighted by Crippen LogP contribution is -1.98. The van der Waals surface area contributed by atoms with Gasteiger partial charge in [0.25, 0.3) is 0 Å². The molecule has 0 bridgehead atoms. The number of halogens is 1. The topological polar surface area (TPSA) is 26.0 Å². The Morgan fingerprint density at radius 2 is 1.50 bits per heavy atom. The molecule has 0 heterocycles. The minimum atomic E-state index is -0.310. The molecule has 0 aliphatic rings. The normalized spacial score (nSPS) is 9.93. The van der Waals surface area contributed by atoms with Gasteiger partial charge in [-0.05, 0) is 37.1 Å². The summed E-state index contributed by atoms with van der Waals surface area (Å²) >= 11 is 0. The maximum Gasteiger partial charge on any atom is 0.124 e. The van der Waals surface area contributed by atoms with Gasteiger partial charge < -0.3 is 5.73 Å². The van der Waals surface area contributed by atoms with Crippen LogP contribution in [0, 0.1) is 5.82 Å². The van der Waals surface area contributed by atoms with Crippen LogP contribution in [0.2, 0.25) is 0 Å². The van der Waals surface area contributed by atoms with Gasteiger partial charge in [0.05, 0.1) is 0 Å². The van der Waals surface area contributed by atoms with E-state index in [0.29, 0.717) is 16.8 Å². The van der Waals surface area contributed by atoms with Crippen molar-refractivity contribution >= 4 is 16.8 Å². The zero-order chi connectivity index (χ0) is 10.9. The van der Waals surface area contributed by atoms with E-state index in [1.807, 2.05) is 0 Å². The third kappa shape index (κ3) is 1.84. The molecule has 14 heavy (non-hydrogen) atoms. The first kappa shape index (κ1) is 10.5. The van der Waals surface area contributed by atoms with Crippen molar-refractivity contribution in [2.75, 3.05) is 5.73 Å². The number of nitrogens with two attached hydrogens (primary N) is 1. The van der Waals surface area contributed by atoms with Crippen molar-refractivity contribution in [3.63, 3.8) is 0 Å². The summed E-state index contributed by atoms with van der Waals surface area (Å²) in [4.78, 5) is 0. The Morgan fingerprint density at radius 3 is 1.79 bits per heavy atom. The molecule has 1 nitrogen and oxygen atoms in total. The van der Waals surface area contributed by atoms with Crippen molar-refractivity contribution in [2.45, 2.75) is 13.8 Å². The molecule has 0 unspecified atom stereocenters. The van der Waals surface area contributed by atoms with Crippen LogP contribution in [0.4, 0.5) is 10.1 Å². The summed E-state index contributed by atoms with van der Waals surface area (Å²) < 4.78 is 13.2. The third-order valence-corrected chi connectivity index (χ3v) is 2.06. The van der Waals surface area contributed by atoms with E-state index in [2.05, 4.69) is 13.2 Å². The van der Waals surface area contributed by atoms with E-state index in [1.54, 1.807) is 13.8 Å². The quantitative estimate of drug-likeness (QED) is 0.711. The fourth-order valence-corrected chi connectivity index (χ4v) is 1.32. The molecule has 0 atom stereocenters. The molecular formula is C12H14FN. The van der Waals surface area contributed by atoms with Gasteiger partial charge >= 0.3 is 0 Å². The Balaban J connectivity index is 3.47. The molecule has 0 amide bonds. The SMILES string of the molecule is C=C(C)c1cc(F)cc(C(=C)C)c1N. The highest BCUT2D eigenvalue weighted by molar-refractivity contribution is 5.82. The van der Waals surface area contributed by atoms with Gasteiger partial charge in [-0.3, -0.25) is 0 Å². The highest BCUT2D eigenvalue weighted by Gasteiger charge is 2.08. The monoisotopic (exact) mass is 191 g/mol. The molecule has 74 valence electrons. The van der Waals surface area contributed by atoms with Gasteiger partial charge in [0.15, 0.2) is 0 Å². The average Bonchev–Trinajstić information content (AvgIpc) is 2.07. The Morgan fingerprint density at radius 1 is 1.14 bits per heavy atom. The molecule has 0 aliphatic heterocycles. The first-order valence-corrected chi connectivity index (χ1v) is 4.34. The van der Waals surface area contributed by atoms with Crippen molar-refractivity contribution in [3.05, 3.63) is 42.2 Å². The summed E-state index contributed by atoms with van der Waals surface area (Å²) in [6.07, 6.45) is 0. The molecular weight excluding hydrogens is 177 g/mol. The van der Waals surface area contributed by atoms with Crippen LogP contribution in [0.1, 0.15) is 25.0 Å². The Bertz CT molecular complexity index is 370.